The molecule has 0 aliphatic carbocycles. The number of rotatable bonds is 5. The Morgan fingerprint density at radius 2 is 1.69 bits per heavy atom. The van der Waals surface area contributed by atoms with Crippen molar-refractivity contribution in [2.45, 2.75) is 25.9 Å². The van der Waals surface area contributed by atoms with Crippen molar-refractivity contribution in [1.29, 1.82) is 0 Å². The van der Waals surface area contributed by atoms with E-state index in [4.69, 9.17) is 18.9 Å². The van der Waals surface area contributed by atoms with E-state index in [9.17, 15) is 4.79 Å². The fourth-order valence-electron chi connectivity index (χ4n) is 0.996. The van der Waals surface area contributed by atoms with Gasteiger partial charge in [0.15, 0.2) is 0 Å². The lowest BCUT2D eigenvalue weighted by molar-refractivity contribution is -0.312. The van der Waals surface area contributed by atoms with Crippen LogP contribution in [0.3, 0.4) is 0 Å². The molecular formula is C8H16O5. The summed E-state index contributed by atoms with van der Waals surface area (Å²) >= 11 is 0. The Balaban J connectivity index is 4.48. The molecule has 0 heterocycles. The summed E-state index contributed by atoms with van der Waals surface area (Å²) in [5, 5.41) is 0. The highest BCUT2D eigenvalue weighted by Gasteiger charge is 2.38. The highest BCUT2D eigenvalue weighted by Crippen LogP contribution is 2.19. The van der Waals surface area contributed by atoms with Crippen LogP contribution in [0.15, 0.2) is 0 Å². The van der Waals surface area contributed by atoms with Gasteiger partial charge in [0.05, 0.1) is 0 Å². The van der Waals surface area contributed by atoms with Gasteiger partial charge in [-0.2, -0.15) is 0 Å². The van der Waals surface area contributed by atoms with E-state index in [2.05, 4.69) is 0 Å². The lowest BCUT2D eigenvalue weighted by Gasteiger charge is -2.32. The molecule has 0 aromatic carbocycles. The molecule has 5 nitrogen and oxygen atoms in total. The molecule has 0 bridgehead atoms. The van der Waals surface area contributed by atoms with E-state index in [0.717, 1.165) is 0 Å². The second kappa shape index (κ2) is 5.16. The van der Waals surface area contributed by atoms with Gasteiger partial charge < -0.3 is 18.9 Å². The van der Waals surface area contributed by atoms with Crippen molar-refractivity contribution < 1.29 is 23.7 Å². The Labute approximate surface area is 77.9 Å². The molecule has 78 valence electrons. The summed E-state index contributed by atoms with van der Waals surface area (Å²) in [7, 11) is 4.29. The van der Waals surface area contributed by atoms with Crippen molar-refractivity contribution >= 4 is 5.97 Å². The van der Waals surface area contributed by atoms with Gasteiger partial charge in [-0.05, 0) is 0 Å². The molecule has 0 aliphatic heterocycles. The van der Waals surface area contributed by atoms with Crippen molar-refractivity contribution in [2.75, 3.05) is 21.3 Å². The van der Waals surface area contributed by atoms with Gasteiger partial charge in [0.25, 0.3) is 5.79 Å². The van der Waals surface area contributed by atoms with Crippen LogP contribution in [0.25, 0.3) is 0 Å². The monoisotopic (exact) mass is 192 g/mol. The average molecular weight is 192 g/mol. The van der Waals surface area contributed by atoms with Crippen molar-refractivity contribution in [3.05, 3.63) is 0 Å². The first-order valence-corrected chi connectivity index (χ1v) is 3.80. The summed E-state index contributed by atoms with van der Waals surface area (Å²) in [6, 6.07) is 0. The van der Waals surface area contributed by atoms with Crippen LogP contribution >= 0.6 is 0 Å². The number of ether oxygens (including phenoxy) is 4. The van der Waals surface area contributed by atoms with Gasteiger partial charge in [-0.25, -0.2) is 0 Å². The molecule has 1 atom stereocenters. The molecule has 13 heavy (non-hydrogen) atoms. The molecule has 0 spiro atoms. The zero-order valence-corrected chi connectivity index (χ0v) is 8.62. The summed E-state index contributed by atoms with van der Waals surface area (Å²) in [5.41, 5.74) is 0. The van der Waals surface area contributed by atoms with E-state index in [1.165, 1.54) is 28.3 Å². The number of carbonyl (C=O) groups excluding carboxylic acids is 1. The van der Waals surface area contributed by atoms with Crippen molar-refractivity contribution in [3.63, 3.8) is 0 Å². The largest absolute Gasteiger partial charge is 0.428 e. The predicted octanol–water partition coefficient (Wildman–Crippen LogP) is 0.531. The summed E-state index contributed by atoms with van der Waals surface area (Å²) in [4.78, 5) is 10.7. The first kappa shape index (κ1) is 12.3. The summed E-state index contributed by atoms with van der Waals surface area (Å²) in [6.45, 7) is 2.85. The molecule has 0 aromatic rings. The quantitative estimate of drug-likeness (QED) is 0.470. The van der Waals surface area contributed by atoms with Crippen LogP contribution in [0.1, 0.15) is 13.8 Å². The molecule has 0 aromatic heterocycles. The zero-order chi connectivity index (χ0) is 10.5. The highest BCUT2D eigenvalue weighted by molar-refractivity contribution is 5.66. The summed E-state index contributed by atoms with van der Waals surface area (Å²) in [5.74, 6) is -1.67. The maximum Gasteiger partial charge on any atom is 0.305 e. The van der Waals surface area contributed by atoms with Crippen LogP contribution in [-0.4, -0.2) is 39.4 Å². The zero-order valence-electron chi connectivity index (χ0n) is 8.62. The van der Waals surface area contributed by atoms with Crippen LogP contribution in [0, 0.1) is 0 Å². The topological polar surface area (TPSA) is 54.0 Å². The lowest BCUT2D eigenvalue weighted by Crippen LogP contribution is -2.47. The van der Waals surface area contributed by atoms with Gasteiger partial charge in [-0.1, -0.05) is 0 Å². The third-order valence-electron chi connectivity index (χ3n) is 1.61. The maximum absolute atomic E-state index is 10.7. The Bertz CT molecular complexity index is 166. The van der Waals surface area contributed by atoms with E-state index < -0.39 is 18.0 Å². The standard InChI is InChI=1S/C8H16O5/c1-6(9)13-8(2,12-5)7(10-3)11-4/h7H,1-5H3. The Morgan fingerprint density at radius 1 is 1.23 bits per heavy atom. The van der Waals surface area contributed by atoms with Crippen LogP contribution in [0.4, 0.5) is 0 Å². The molecule has 5 heteroatoms. The Kier molecular flexibility index (Phi) is 4.90. The first-order valence-electron chi connectivity index (χ1n) is 3.80. The third kappa shape index (κ3) is 3.30. The number of hydrogen-bond acceptors (Lipinski definition) is 5. The third-order valence-corrected chi connectivity index (χ3v) is 1.61. The molecule has 0 saturated carbocycles. The summed E-state index contributed by atoms with van der Waals surface area (Å²) in [6.07, 6.45) is -0.749. The van der Waals surface area contributed by atoms with E-state index >= 15 is 0 Å². The smallest absolute Gasteiger partial charge is 0.305 e. The van der Waals surface area contributed by atoms with Gasteiger partial charge >= 0.3 is 5.97 Å². The maximum atomic E-state index is 10.7. The minimum atomic E-state index is -1.21. The van der Waals surface area contributed by atoms with E-state index in [1.807, 2.05) is 0 Å². The van der Waals surface area contributed by atoms with Gasteiger partial charge in [0.2, 0.25) is 6.29 Å². The van der Waals surface area contributed by atoms with E-state index in [1.54, 1.807) is 6.92 Å². The van der Waals surface area contributed by atoms with Crippen molar-refractivity contribution in [1.82, 2.24) is 0 Å². The Morgan fingerprint density at radius 3 is 1.92 bits per heavy atom. The minimum absolute atomic E-state index is 0.455. The molecule has 0 amide bonds. The number of esters is 1. The highest BCUT2D eigenvalue weighted by atomic mass is 16.8. The summed E-state index contributed by atoms with van der Waals surface area (Å²) < 4.78 is 19.8. The van der Waals surface area contributed by atoms with Crippen LogP contribution in [-0.2, 0) is 23.7 Å². The van der Waals surface area contributed by atoms with Gasteiger partial charge in [-0.15, -0.1) is 0 Å². The molecule has 1 unspecified atom stereocenters. The normalized spacial score (nSPS) is 15.5. The molecule has 0 radical (unpaired) electrons. The number of carbonyl (C=O) groups is 1. The fraction of sp³-hybridized carbons (Fsp3) is 0.875. The van der Waals surface area contributed by atoms with Crippen LogP contribution in [0.5, 0.6) is 0 Å². The van der Waals surface area contributed by atoms with Gasteiger partial charge in [0.1, 0.15) is 0 Å². The van der Waals surface area contributed by atoms with E-state index in [-0.39, 0.29) is 0 Å². The fourth-order valence-corrected chi connectivity index (χ4v) is 0.996. The molecule has 0 fully saturated rings. The predicted molar refractivity (Wildman–Crippen MR) is 45.0 cm³/mol. The first-order chi connectivity index (χ1) is 6.00. The molecule has 0 aliphatic rings. The van der Waals surface area contributed by atoms with Crippen molar-refractivity contribution in [2.24, 2.45) is 0 Å². The Hall–Kier alpha value is -0.650. The number of hydrogen-bond donors (Lipinski definition) is 0. The molecular weight excluding hydrogens is 176 g/mol. The lowest BCUT2D eigenvalue weighted by atomic mass is 10.3. The second-order valence-corrected chi connectivity index (χ2v) is 2.62. The van der Waals surface area contributed by atoms with Gasteiger partial charge in [-0.3, -0.25) is 4.79 Å². The molecule has 0 saturated heterocycles. The van der Waals surface area contributed by atoms with Crippen LogP contribution in [0.2, 0.25) is 0 Å². The second-order valence-electron chi connectivity index (χ2n) is 2.62. The van der Waals surface area contributed by atoms with E-state index in [0.29, 0.717) is 0 Å². The van der Waals surface area contributed by atoms with Crippen LogP contribution < -0.4 is 0 Å². The number of methoxy groups -OCH3 is 3. The SMILES string of the molecule is COC(OC)C(C)(OC)OC(C)=O. The van der Waals surface area contributed by atoms with Crippen molar-refractivity contribution in [3.8, 4) is 0 Å². The minimum Gasteiger partial charge on any atom is -0.428 e. The molecule has 0 N–H and O–H groups in total. The average Bonchev–Trinajstić information content (AvgIpc) is 2.05. The molecule has 0 rings (SSSR count). The van der Waals surface area contributed by atoms with Gasteiger partial charge in [0, 0.05) is 35.2 Å².